The fourth-order valence-corrected chi connectivity index (χ4v) is 6.57. The summed E-state index contributed by atoms with van der Waals surface area (Å²) in [4.78, 5) is 23.9. The molecule has 230 valence electrons. The highest BCUT2D eigenvalue weighted by atomic mass is 19.4. The number of piperidine rings is 1. The molecule has 3 aliphatic rings. The number of alkyl halides is 3. The van der Waals surface area contributed by atoms with Crippen molar-refractivity contribution in [3.63, 3.8) is 0 Å². The molecule has 0 radical (unpaired) electrons. The van der Waals surface area contributed by atoms with Crippen LogP contribution in [0.4, 0.5) is 13.2 Å². The fraction of sp³-hybridized carbons (Fsp3) is 0.424. The van der Waals surface area contributed by atoms with Crippen LogP contribution < -0.4 is 4.74 Å². The predicted octanol–water partition coefficient (Wildman–Crippen LogP) is 6.40. The standard InChI is InChI=1S/C33H35F3N6O2/c34-33(35,36)44-28-12-8-24(9-13-28)31-38-29(25-20-37-41(22-25)21-23-6-2-1-3-7-23)30(42(31)27-10-11-27)32(43)40-18-14-26(15-19-40)39-16-4-5-17-39/h1-3,6-9,12-13,20,22,26-27H,4-5,10-11,14-19,21H2. The molecule has 4 aromatic rings. The number of rotatable bonds is 8. The Kier molecular flexibility index (Phi) is 7.65. The third-order valence-corrected chi connectivity index (χ3v) is 8.87. The van der Waals surface area contributed by atoms with Crippen LogP contribution in [0.15, 0.2) is 67.0 Å². The Bertz CT molecular complexity index is 1600. The minimum absolute atomic E-state index is 0.0571. The maximum absolute atomic E-state index is 14.4. The van der Waals surface area contributed by atoms with Gasteiger partial charge in [0.2, 0.25) is 0 Å². The van der Waals surface area contributed by atoms with Crippen molar-refractivity contribution >= 4 is 5.91 Å². The molecule has 2 aromatic carbocycles. The molecule has 4 heterocycles. The van der Waals surface area contributed by atoms with Gasteiger partial charge in [0.1, 0.15) is 23.0 Å². The number of carbonyl (C=O) groups excluding carboxylic acids is 1. The second kappa shape index (κ2) is 11.8. The van der Waals surface area contributed by atoms with Gasteiger partial charge in [-0.05, 0) is 81.4 Å². The summed E-state index contributed by atoms with van der Waals surface area (Å²) in [5.41, 5.74) is 3.53. The smallest absolute Gasteiger partial charge is 0.406 e. The molecule has 0 N–H and O–H groups in total. The number of hydrogen-bond donors (Lipinski definition) is 0. The van der Waals surface area contributed by atoms with Gasteiger partial charge < -0.3 is 19.1 Å². The van der Waals surface area contributed by atoms with Gasteiger partial charge in [0.05, 0.1) is 12.7 Å². The molecular weight excluding hydrogens is 569 g/mol. The number of aromatic nitrogens is 4. The molecule has 1 aliphatic carbocycles. The summed E-state index contributed by atoms with van der Waals surface area (Å²) in [5, 5.41) is 4.59. The normalized spacial score (nSPS) is 18.2. The van der Waals surface area contributed by atoms with Gasteiger partial charge in [0, 0.05) is 42.5 Å². The van der Waals surface area contributed by atoms with E-state index >= 15 is 0 Å². The highest BCUT2D eigenvalue weighted by Crippen LogP contribution is 2.43. The highest BCUT2D eigenvalue weighted by Gasteiger charge is 2.38. The lowest BCUT2D eigenvalue weighted by molar-refractivity contribution is -0.274. The number of amides is 1. The lowest BCUT2D eigenvalue weighted by Gasteiger charge is -2.36. The molecule has 0 unspecified atom stereocenters. The zero-order chi connectivity index (χ0) is 30.3. The molecule has 8 nitrogen and oxygen atoms in total. The average Bonchev–Trinajstić information content (AvgIpc) is 3.37. The van der Waals surface area contributed by atoms with E-state index in [4.69, 9.17) is 4.98 Å². The van der Waals surface area contributed by atoms with Gasteiger partial charge in [-0.25, -0.2) is 4.98 Å². The van der Waals surface area contributed by atoms with E-state index in [-0.39, 0.29) is 17.7 Å². The monoisotopic (exact) mass is 604 g/mol. The second-order valence-corrected chi connectivity index (χ2v) is 12.0. The van der Waals surface area contributed by atoms with Crippen molar-refractivity contribution in [3.8, 4) is 28.4 Å². The van der Waals surface area contributed by atoms with E-state index in [1.54, 1.807) is 18.3 Å². The first-order chi connectivity index (χ1) is 21.3. The van der Waals surface area contributed by atoms with Crippen LogP contribution in [-0.2, 0) is 6.54 Å². The van der Waals surface area contributed by atoms with E-state index < -0.39 is 6.36 Å². The van der Waals surface area contributed by atoms with Crippen LogP contribution in [0.2, 0.25) is 0 Å². The first kappa shape index (κ1) is 28.6. The number of benzene rings is 2. The lowest BCUT2D eigenvalue weighted by Crippen LogP contribution is -2.46. The Morgan fingerprint density at radius 2 is 1.57 bits per heavy atom. The van der Waals surface area contributed by atoms with Crippen molar-refractivity contribution in [1.82, 2.24) is 29.1 Å². The van der Waals surface area contributed by atoms with Gasteiger partial charge in [0.25, 0.3) is 5.91 Å². The average molecular weight is 605 g/mol. The van der Waals surface area contributed by atoms with Crippen LogP contribution in [0.3, 0.4) is 0 Å². The number of carbonyl (C=O) groups is 1. The van der Waals surface area contributed by atoms with Crippen LogP contribution in [0.5, 0.6) is 5.75 Å². The minimum Gasteiger partial charge on any atom is -0.406 e. The summed E-state index contributed by atoms with van der Waals surface area (Å²) < 4.78 is 46.4. The lowest BCUT2D eigenvalue weighted by atomic mass is 10.0. The Labute approximate surface area is 254 Å². The molecule has 2 saturated heterocycles. The highest BCUT2D eigenvalue weighted by molar-refractivity contribution is 5.99. The number of imidazole rings is 1. The van der Waals surface area contributed by atoms with E-state index in [2.05, 4.69) is 14.7 Å². The Balaban J connectivity index is 1.24. The molecule has 2 aromatic heterocycles. The van der Waals surface area contributed by atoms with E-state index in [0.717, 1.165) is 49.9 Å². The Hall–Kier alpha value is -4.12. The van der Waals surface area contributed by atoms with Crippen molar-refractivity contribution in [2.75, 3.05) is 26.2 Å². The first-order valence-electron chi connectivity index (χ1n) is 15.4. The van der Waals surface area contributed by atoms with Crippen LogP contribution in [0, 0.1) is 0 Å². The topological polar surface area (TPSA) is 68.4 Å². The second-order valence-electron chi connectivity index (χ2n) is 12.0. The molecule has 1 saturated carbocycles. The summed E-state index contributed by atoms with van der Waals surface area (Å²) in [5.74, 6) is 0.205. The quantitative estimate of drug-likeness (QED) is 0.233. The molecule has 2 aliphatic heterocycles. The number of ether oxygens (including phenoxy) is 1. The van der Waals surface area contributed by atoms with E-state index in [1.165, 1.54) is 25.0 Å². The SMILES string of the molecule is O=C(c1c(-c2cnn(Cc3ccccc3)c2)nc(-c2ccc(OC(F)(F)F)cc2)n1C1CC1)N1CCC(N2CCCC2)CC1. The van der Waals surface area contributed by atoms with E-state index in [9.17, 15) is 18.0 Å². The largest absolute Gasteiger partial charge is 0.573 e. The number of halogens is 3. The summed E-state index contributed by atoms with van der Waals surface area (Å²) in [6, 6.07) is 16.3. The predicted molar refractivity (Wildman–Crippen MR) is 159 cm³/mol. The van der Waals surface area contributed by atoms with Crippen LogP contribution in [0.1, 0.15) is 60.6 Å². The van der Waals surface area contributed by atoms with Crippen molar-refractivity contribution in [1.29, 1.82) is 0 Å². The zero-order valence-corrected chi connectivity index (χ0v) is 24.4. The summed E-state index contributed by atoms with van der Waals surface area (Å²) in [7, 11) is 0. The van der Waals surface area contributed by atoms with Gasteiger partial charge in [0.15, 0.2) is 0 Å². The number of nitrogens with zero attached hydrogens (tertiary/aromatic N) is 6. The summed E-state index contributed by atoms with van der Waals surface area (Å²) in [6.45, 7) is 4.22. The molecule has 7 rings (SSSR count). The molecule has 0 bridgehead atoms. The summed E-state index contributed by atoms with van der Waals surface area (Å²) >= 11 is 0. The van der Waals surface area contributed by atoms with Crippen molar-refractivity contribution in [2.24, 2.45) is 0 Å². The zero-order valence-electron chi connectivity index (χ0n) is 24.4. The van der Waals surface area contributed by atoms with Crippen LogP contribution in [-0.4, -0.2) is 73.6 Å². The number of hydrogen-bond acceptors (Lipinski definition) is 5. The van der Waals surface area contributed by atoms with Gasteiger partial charge >= 0.3 is 6.36 Å². The molecule has 0 spiro atoms. The molecule has 3 fully saturated rings. The maximum Gasteiger partial charge on any atom is 0.573 e. The van der Waals surface area contributed by atoms with Crippen molar-refractivity contribution < 1.29 is 22.7 Å². The van der Waals surface area contributed by atoms with Gasteiger partial charge in [-0.3, -0.25) is 9.48 Å². The first-order valence-corrected chi connectivity index (χ1v) is 15.4. The van der Waals surface area contributed by atoms with Crippen molar-refractivity contribution in [2.45, 2.75) is 63.5 Å². The number of likely N-dealkylation sites (tertiary alicyclic amines) is 2. The Morgan fingerprint density at radius 1 is 0.864 bits per heavy atom. The molecular formula is C33H35F3N6O2. The molecule has 44 heavy (non-hydrogen) atoms. The Morgan fingerprint density at radius 3 is 2.23 bits per heavy atom. The van der Waals surface area contributed by atoms with E-state index in [0.29, 0.717) is 48.5 Å². The van der Waals surface area contributed by atoms with Gasteiger partial charge in [-0.2, -0.15) is 5.10 Å². The molecule has 0 atom stereocenters. The molecule has 11 heteroatoms. The minimum atomic E-state index is -4.77. The molecule has 1 amide bonds. The third-order valence-electron chi connectivity index (χ3n) is 8.87. The summed E-state index contributed by atoms with van der Waals surface area (Å²) in [6.07, 6.45) is 5.06. The fourth-order valence-electron chi connectivity index (χ4n) is 6.57. The van der Waals surface area contributed by atoms with Gasteiger partial charge in [-0.15, -0.1) is 13.2 Å². The van der Waals surface area contributed by atoms with Crippen LogP contribution >= 0.6 is 0 Å². The van der Waals surface area contributed by atoms with Gasteiger partial charge in [-0.1, -0.05) is 30.3 Å². The van der Waals surface area contributed by atoms with Crippen LogP contribution in [0.25, 0.3) is 22.6 Å². The van der Waals surface area contributed by atoms with E-state index in [1.807, 2.05) is 50.7 Å². The third kappa shape index (κ3) is 6.10. The maximum atomic E-state index is 14.4. The van der Waals surface area contributed by atoms with Crippen molar-refractivity contribution in [3.05, 3.63) is 78.2 Å².